The predicted molar refractivity (Wildman–Crippen MR) is 101 cm³/mol. The van der Waals surface area contributed by atoms with Crippen LogP contribution in [0, 0.1) is 6.92 Å². The van der Waals surface area contributed by atoms with Crippen molar-refractivity contribution in [3.05, 3.63) is 65.6 Å². The van der Waals surface area contributed by atoms with Gasteiger partial charge in [-0.3, -0.25) is 4.79 Å². The van der Waals surface area contributed by atoms with E-state index in [4.69, 9.17) is 18.6 Å². The highest BCUT2D eigenvalue weighted by Gasteiger charge is 2.16. The summed E-state index contributed by atoms with van der Waals surface area (Å²) >= 11 is 0. The van der Waals surface area contributed by atoms with E-state index in [2.05, 4.69) is 10.1 Å². The zero-order valence-corrected chi connectivity index (χ0v) is 15.8. The van der Waals surface area contributed by atoms with Crippen LogP contribution in [0.3, 0.4) is 0 Å². The van der Waals surface area contributed by atoms with Gasteiger partial charge in [0.05, 0.1) is 0 Å². The molecule has 3 aromatic rings. The van der Waals surface area contributed by atoms with E-state index in [1.807, 2.05) is 0 Å². The number of halogens is 2. The second kappa shape index (κ2) is 8.32. The van der Waals surface area contributed by atoms with Crippen LogP contribution in [0.5, 0.6) is 23.0 Å². The average molecular weight is 417 g/mol. The molecule has 1 N–H and O–H groups in total. The first-order valence-corrected chi connectivity index (χ1v) is 8.96. The van der Waals surface area contributed by atoms with Crippen LogP contribution in [-0.2, 0) is 6.61 Å². The molecule has 1 amide bonds. The summed E-state index contributed by atoms with van der Waals surface area (Å²) in [5, 5.41) is 2.68. The molecule has 1 aliphatic heterocycles. The van der Waals surface area contributed by atoms with Crippen molar-refractivity contribution in [1.29, 1.82) is 0 Å². The Morgan fingerprint density at radius 3 is 2.67 bits per heavy atom. The fourth-order valence-corrected chi connectivity index (χ4v) is 2.84. The average Bonchev–Trinajstić information content (AvgIpc) is 3.36. The molecule has 0 saturated heterocycles. The standard InChI is InChI=1S/C21H17F2NO6/c1-12-8-14(30-21(22)23)2-5-16(12)24-20(25)18-7-4-15(29-18)10-26-13-3-6-17-19(9-13)28-11-27-17/h2-9,21H,10-11H2,1H3,(H,24,25). The number of fused-ring (bicyclic) bond motifs is 1. The van der Waals surface area contributed by atoms with Crippen LogP contribution in [-0.4, -0.2) is 19.3 Å². The minimum Gasteiger partial charge on any atom is -0.486 e. The van der Waals surface area contributed by atoms with E-state index in [0.717, 1.165) is 0 Å². The van der Waals surface area contributed by atoms with Gasteiger partial charge in [0.25, 0.3) is 5.91 Å². The smallest absolute Gasteiger partial charge is 0.387 e. The van der Waals surface area contributed by atoms with Crippen molar-refractivity contribution in [2.75, 3.05) is 12.1 Å². The minimum atomic E-state index is -2.91. The number of nitrogens with one attached hydrogen (secondary N) is 1. The summed E-state index contributed by atoms with van der Waals surface area (Å²) in [7, 11) is 0. The van der Waals surface area contributed by atoms with Gasteiger partial charge in [-0.2, -0.15) is 8.78 Å². The third-order valence-corrected chi connectivity index (χ3v) is 4.28. The number of benzene rings is 2. The van der Waals surface area contributed by atoms with Crippen LogP contribution in [0.1, 0.15) is 21.9 Å². The molecule has 7 nitrogen and oxygen atoms in total. The SMILES string of the molecule is Cc1cc(OC(F)F)ccc1NC(=O)c1ccc(COc2ccc3c(c2)OCO3)o1. The summed E-state index contributed by atoms with van der Waals surface area (Å²) in [5.74, 6) is 1.91. The number of hydrogen-bond donors (Lipinski definition) is 1. The fourth-order valence-electron chi connectivity index (χ4n) is 2.84. The maximum absolute atomic E-state index is 12.4. The van der Waals surface area contributed by atoms with E-state index in [0.29, 0.717) is 34.3 Å². The largest absolute Gasteiger partial charge is 0.486 e. The monoisotopic (exact) mass is 417 g/mol. The second-order valence-corrected chi connectivity index (χ2v) is 6.38. The van der Waals surface area contributed by atoms with Crippen molar-refractivity contribution >= 4 is 11.6 Å². The number of carbonyl (C=O) groups excluding carboxylic acids is 1. The predicted octanol–water partition coefficient (Wildman–Crippen LogP) is 4.75. The molecule has 0 saturated carbocycles. The quantitative estimate of drug-likeness (QED) is 0.598. The highest BCUT2D eigenvalue weighted by molar-refractivity contribution is 6.02. The number of rotatable bonds is 7. The molecule has 2 aromatic carbocycles. The molecule has 4 rings (SSSR count). The molecule has 0 fully saturated rings. The first kappa shape index (κ1) is 19.6. The third-order valence-electron chi connectivity index (χ3n) is 4.28. The van der Waals surface area contributed by atoms with Gasteiger partial charge in [-0.05, 0) is 55.0 Å². The van der Waals surface area contributed by atoms with E-state index in [9.17, 15) is 13.6 Å². The lowest BCUT2D eigenvalue weighted by Gasteiger charge is -2.10. The van der Waals surface area contributed by atoms with Crippen molar-refractivity contribution in [3.63, 3.8) is 0 Å². The van der Waals surface area contributed by atoms with Gasteiger partial charge < -0.3 is 28.7 Å². The van der Waals surface area contributed by atoms with E-state index >= 15 is 0 Å². The Morgan fingerprint density at radius 2 is 1.87 bits per heavy atom. The molecular formula is C21H17F2NO6. The normalized spacial score (nSPS) is 12.1. The van der Waals surface area contributed by atoms with E-state index < -0.39 is 12.5 Å². The maximum atomic E-state index is 12.4. The number of carbonyl (C=O) groups is 1. The van der Waals surface area contributed by atoms with E-state index in [1.165, 1.54) is 24.3 Å². The van der Waals surface area contributed by atoms with Crippen LogP contribution < -0.4 is 24.3 Å². The van der Waals surface area contributed by atoms with Crippen molar-refractivity contribution in [2.24, 2.45) is 0 Å². The van der Waals surface area contributed by atoms with Crippen LogP contribution in [0.4, 0.5) is 14.5 Å². The van der Waals surface area contributed by atoms with Crippen LogP contribution in [0.15, 0.2) is 52.9 Å². The molecule has 0 bridgehead atoms. The number of anilines is 1. The molecule has 0 radical (unpaired) electrons. The zero-order valence-electron chi connectivity index (χ0n) is 15.8. The van der Waals surface area contributed by atoms with Crippen molar-refractivity contribution in [2.45, 2.75) is 20.1 Å². The highest BCUT2D eigenvalue weighted by atomic mass is 19.3. The molecule has 9 heteroatoms. The Hall–Kier alpha value is -3.75. The van der Waals surface area contributed by atoms with Gasteiger partial charge in [0.2, 0.25) is 6.79 Å². The Labute approximate surface area is 170 Å². The first-order chi connectivity index (χ1) is 14.5. The highest BCUT2D eigenvalue weighted by Crippen LogP contribution is 2.35. The van der Waals surface area contributed by atoms with Crippen LogP contribution in [0.25, 0.3) is 0 Å². The fraction of sp³-hybridized carbons (Fsp3) is 0.190. The number of hydrogen-bond acceptors (Lipinski definition) is 6. The van der Waals surface area contributed by atoms with E-state index in [1.54, 1.807) is 31.2 Å². The minimum absolute atomic E-state index is 0.0152. The lowest BCUT2D eigenvalue weighted by atomic mass is 10.2. The van der Waals surface area contributed by atoms with Gasteiger partial charge in [0.1, 0.15) is 23.9 Å². The zero-order chi connectivity index (χ0) is 21.1. The van der Waals surface area contributed by atoms with Gasteiger partial charge >= 0.3 is 6.61 Å². The lowest BCUT2D eigenvalue weighted by molar-refractivity contribution is -0.0498. The number of ether oxygens (including phenoxy) is 4. The summed E-state index contributed by atoms with van der Waals surface area (Å²) < 4.78 is 50.6. The Morgan fingerprint density at radius 1 is 1.07 bits per heavy atom. The molecule has 0 aliphatic carbocycles. The van der Waals surface area contributed by atoms with Gasteiger partial charge in [-0.15, -0.1) is 0 Å². The molecule has 0 spiro atoms. The van der Waals surface area contributed by atoms with Gasteiger partial charge in [-0.1, -0.05) is 0 Å². The molecule has 2 heterocycles. The van der Waals surface area contributed by atoms with Crippen molar-refractivity contribution in [1.82, 2.24) is 0 Å². The Kier molecular flexibility index (Phi) is 5.42. The van der Waals surface area contributed by atoms with Gasteiger partial charge in [0, 0.05) is 11.8 Å². The van der Waals surface area contributed by atoms with Crippen molar-refractivity contribution in [3.8, 4) is 23.0 Å². The molecule has 30 heavy (non-hydrogen) atoms. The van der Waals surface area contributed by atoms with Gasteiger partial charge in [0.15, 0.2) is 17.3 Å². The number of amides is 1. The number of furan rings is 1. The number of aryl methyl sites for hydroxylation is 1. The summed E-state index contributed by atoms with van der Waals surface area (Å²) in [5.41, 5.74) is 1.02. The summed E-state index contributed by atoms with van der Waals surface area (Å²) in [6.45, 7) is -0.949. The molecule has 0 atom stereocenters. The van der Waals surface area contributed by atoms with Crippen LogP contribution >= 0.6 is 0 Å². The summed E-state index contributed by atoms with van der Waals surface area (Å²) in [6.07, 6.45) is 0. The maximum Gasteiger partial charge on any atom is 0.387 e. The van der Waals surface area contributed by atoms with Crippen molar-refractivity contribution < 1.29 is 36.9 Å². The van der Waals surface area contributed by atoms with E-state index in [-0.39, 0.29) is 24.9 Å². The molecule has 0 unspecified atom stereocenters. The van der Waals surface area contributed by atoms with Gasteiger partial charge in [-0.25, -0.2) is 0 Å². The van der Waals surface area contributed by atoms with Crippen LogP contribution in [0.2, 0.25) is 0 Å². The molecule has 1 aromatic heterocycles. The topological polar surface area (TPSA) is 79.2 Å². The third kappa shape index (κ3) is 4.45. The molecule has 156 valence electrons. The first-order valence-electron chi connectivity index (χ1n) is 8.96. The lowest BCUT2D eigenvalue weighted by Crippen LogP contribution is -2.12. The number of alkyl halides is 2. The summed E-state index contributed by atoms with van der Waals surface area (Å²) in [4.78, 5) is 12.4. The molecular weight excluding hydrogens is 400 g/mol. The second-order valence-electron chi connectivity index (χ2n) is 6.38. The Balaban J connectivity index is 1.36. The Bertz CT molecular complexity index is 1070. The molecule has 1 aliphatic rings. The summed E-state index contributed by atoms with van der Waals surface area (Å²) in [6, 6.07) is 12.6.